The number of nitriles is 1. The Labute approximate surface area is 222 Å². The fourth-order valence-electron chi connectivity index (χ4n) is 2.75. The summed E-state index contributed by atoms with van der Waals surface area (Å²) in [4.78, 5) is 24.8. The highest BCUT2D eigenvalue weighted by molar-refractivity contribution is 9.11. The Balaban J connectivity index is 1.71. The number of hydrogen-bond acceptors (Lipinski definition) is 4. The van der Waals surface area contributed by atoms with Gasteiger partial charge in [0, 0.05) is 0 Å². The molecule has 0 saturated carbocycles. The molecular formula is C24H15Br2Cl2N3O3. The van der Waals surface area contributed by atoms with Crippen LogP contribution in [0.1, 0.15) is 5.56 Å². The van der Waals surface area contributed by atoms with Gasteiger partial charge >= 0.3 is 0 Å². The number of anilines is 2. The summed E-state index contributed by atoms with van der Waals surface area (Å²) in [6, 6.07) is 18.8. The van der Waals surface area contributed by atoms with Crippen molar-refractivity contribution in [1.29, 1.82) is 5.26 Å². The molecule has 10 heteroatoms. The lowest BCUT2D eigenvalue weighted by Crippen LogP contribution is -2.20. The minimum atomic E-state index is -0.598. The van der Waals surface area contributed by atoms with Crippen LogP contribution in [-0.2, 0) is 9.59 Å². The lowest BCUT2D eigenvalue weighted by molar-refractivity contribution is -0.118. The Morgan fingerprint density at radius 2 is 1.47 bits per heavy atom. The van der Waals surface area contributed by atoms with Gasteiger partial charge < -0.3 is 15.4 Å². The van der Waals surface area contributed by atoms with Gasteiger partial charge in [-0.1, -0.05) is 47.5 Å². The molecule has 0 fully saturated rings. The van der Waals surface area contributed by atoms with Crippen LogP contribution in [0.15, 0.2) is 75.2 Å². The van der Waals surface area contributed by atoms with E-state index in [1.165, 1.54) is 6.08 Å². The molecule has 0 aliphatic rings. The van der Waals surface area contributed by atoms with Gasteiger partial charge in [0.2, 0.25) is 0 Å². The van der Waals surface area contributed by atoms with E-state index in [1.54, 1.807) is 60.7 Å². The third-order valence-corrected chi connectivity index (χ3v) is 6.15. The summed E-state index contributed by atoms with van der Waals surface area (Å²) in [6.07, 6.45) is 1.43. The molecule has 0 bridgehead atoms. The molecule has 172 valence electrons. The Bertz CT molecular complexity index is 1300. The minimum Gasteiger partial charge on any atom is -0.481 e. The van der Waals surface area contributed by atoms with Crippen molar-refractivity contribution in [2.75, 3.05) is 17.2 Å². The van der Waals surface area contributed by atoms with E-state index in [4.69, 9.17) is 27.9 Å². The number of nitrogens with one attached hydrogen (secondary N) is 2. The van der Waals surface area contributed by atoms with Gasteiger partial charge in [-0.25, -0.2) is 0 Å². The monoisotopic (exact) mass is 621 g/mol. The topological polar surface area (TPSA) is 91.2 Å². The second-order valence-electron chi connectivity index (χ2n) is 6.73. The number of halogens is 4. The van der Waals surface area contributed by atoms with E-state index < -0.39 is 5.91 Å². The smallest absolute Gasteiger partial charge is 0.266 e. The van der Waals surface area contributed by atoms with Gasteiger partial charge in [-0.05, 0) is 79.9 Å². The van der Waals surface area contributed by atoms with E-state index in [9.17, 15) is 14.9 Å². The van der Waals surface area contributed by atoms with Gasteiger partial charge in [0.25, 0.3) is 11.8 Å². The fraction of sp³-hybridized carbons (Fsp3) is 0.0417. The highest BCUT2D eigenvalue weighted by Gasteiger charge is 2.15. The number of carbonyl (C=O) groups excluding carboxylic acids is 2. The number of amides is 2. The zero-order valence-electron chi connectivity index (χ0n) is 17.2. The summed E-state index contributed by atoms with van der Waals surface area (Å²) in [7, 11) is 0. The Morgan fingerprint density at radius 1 is 0.941 bits per heavy atom. The summed E-state index contributed by atoms with van der Waals surface area (Å²) in [5.74, 6) is -0.608. The summed E-state index contributed by atoms with van der Waals surface area (Å²) in [5.41, 5.74) is 1.32. The fourth-order valence-corrected chi connectivity index (χ4v) is 4.57. The molecule has 0 saturated heterocycles. The molecule has 0 aromatic heterocycles. The van der Waals surface area contributed by atoms with Crippen LogP contribution in [0.2, 0.25) is 10.0 Å². The molecule has 0 radical (unpaired) electrons. The van der Waals surface area contributed by atoms with Crippen LogP contribution < -0.4 is 15.4 Å². The van der Waals surface area contributed by atoms with Gasteiger partial charge in [-0.3, -0.25) is 9.59 Å². The Kier molecular flexibility index (Phi) is 9.13. The first-order chi connectivity index (χ1) is 16.3. The molecular weight excluding hydrogens is 609 g/mol. The first kappa shape index (κ1) is 25.8. The quantitative estimate of drug-likeness (QED) is 0.217. The molecule has 2 N–H and O–H groups in total. The third-order valence-electron chi connectivity index (χ3n) is 4.31. The van der Waals surface area contributed by atoms with Crippen LogP contribution in [0.25, 0.3) is 6.08 Å². The van der Waals surface area contributed by atoms with Crippen LogP contribution in [0, 0.1) is 11.3 Å². The molecule has 0 spiro atoms. The SMILES string of the molecule is N#C/C(=C\c1cc(Br)c(OCC(=O)Nc2ccccc2Cl)c(Br)c1)C(=O)Nc1ccccc1Cl. The van der Waals surface area contributed by atoms with Crippen LogP contribution >= 0.6 is 55.1 Å². The molecule has 0 atom stereocenters. The van der Waals surface area contributed by atoms with E-state index in [0.29, 0.717) is 41.7 Å². The van der Waals surface area contributed by atoms with Crippen LogP contribution in [0.3, 0.4) is 0 Å². The zero-order chi connectivity index (χ0) is 24.7. The van der Waals surface area contributed by atoms with Gasteiger partial charge in [0.15, 0.2) is 6.61 Å². The van der Waals surface area contributed by atoms with Crippen LogP contribution in [0.5, 0.6) is 5.75 Å². The van der Waals surface area contributed by atoms with Crippen LogP contribution in [-0.4, -0.2) is 18.4 Å². The maximum Gasteiger partial charge on any atom is 0.266 e. The van der Waals surface area contributed by atoms with Crippen molar-refractivity contribution in [2.24, 2.45) is 0 Å². The van der Waals surface area contributed by atoms with Gasteiger partial charge in [0.1, 0.15) is 17.4 Å². The normalized spacial score (nSPS) is 10.9. The van der Waals surface area contributed by atoms with E-state index in [0.717, 1.165) is 0 Å². The first-order valence-electron chi connectivity index (χ1n) is 9.62. The third kappa shape index (κ3) is 6.84. The Hall–Kier alpha value is -2.83. The van der Waals surface area contributed by atoms with Gasteiger partial charge in [0.05, 0.1) is 30.4 Å². The highest BCUT2D eigenvalue weighted by atomic mass is 79.9. The molecule has 2 amide bonds. The standard InChI is InChI=1S/C24H15Br2Cl2N3O3/c25-16-10-14(9-15(12-29)24(33)31-21-8-4-2-6-19(21)28)11-17(26)23(16)34-13-22(32)30-20-7-3-1-5-18(20)27/h1-11H,13H2,(H,30,32)(H,31,33)/b15-9+. The average Bonchev–Trinajstić information content (AvgIpc) is 2.80. The molecule has 0 heterocycles. The zero-order valence-corrected chi connectivity index (χ0v) is 21.9. The molecule has 3 rings (SSSR count). The minimum absolute atomic E-state index is 0.119. The average molecular weight is 624 g/mol. The van der Waals surface area contributed by atoms with Crippen molar-refractivity contribution >= 4 is 84.3 Å². The molecule has 3 aromatic rings. The number of carbonyl (C=O) groups is 2. The summed E-state index contributed by atoms with van der Waals surface area (Å²) in [6.45, 7) is -0.263. The van der Waals surface area contributed by atoms with E-state index in [2.05, 4.69) is 42.5 Å². The van der Waals surface area contributed by atoms with Crippen molar-refractivity contribution in [3.05, 3.63) is 90.8 Å². The largest absolute Gasteiger partial charge is 0.481 e. The number of hydrogen-bond donors (Lipinski definition) is 2. The predicted octanol–water partition coefficient (Wildman–Crippen LogP) is 7.08. The van der Waals surface area contributed by atoms with Crippen LogP contribution in [0.4, 0.5) is 11.4 Å². The molecule has 0 aliphatic heterocycles. The number of ether oxygens (including phenoxy) is 1. The van der Waals surface area contributed by atoms with Crippen molar-refractivity contribution in [1.82, 2.24) is 0 Å². The summed E-state index contributed by atoms with van der Waals surface area (Å²) >= 11 is 18.9. The van der Waals surface area contributed by atoms with Crippen molar-refractivity contribution in [3.63, 3.8) is 0 Å². The van der Waals surface area contributed by atoms with E-state index >= 15 is 0 Å². The second-order valence-corrected chi connectivity index (χ2v) is 9.26. The lowest BCUT2D eigenvalue weighted by atomic mass is 10.1. The highest BCUT2D eigenvalue weighted by Crippen LogP contribution is 2.35. The van der Waals surface area contributed by atoms with Gasteiger partial charge in [-0.15, -0.1) is 0 Å². The summed E-state index contributed by atoms with van der Waals surface area (Å²) < 4.78 is 6.67. The van der Waals surface area contributed by atoms with E-state index in [-0.39, 0.29) is 18.1 Å². The molecule has 0 unspecified atom stereocenters. The maximum atomic E-state index is 12.5. The molecule has 0 aliphatic carbocycles. The number of para-hydroxylation sites is 2. The van der Waals surface area contributed by atoms with Crippen molar-refractivity contribution in [2.45, 2.75) is 0 Å². The number of benzene rings is 3. The summed E-state index contributed by atoms with van der Waals surface area (Å²) in [5, 5.41) is 15.5. The molecule has 3 aromatic carbocycles. The van der Waals surface area contributed by atoms with Gasteiger partial charge in [-0.2, -0.15) is 5.26 Å². The predicted molar refractivity (Wildman–Crippen MR) is 141 cm³/mol. The first-order valence-corrected chi connectivity index (χ1v) is 12.0. The number of nitrogens with zero attached hydrogens (tertiary/aromatic N) is 1. The van der Waals surface area contributed by atoms with E-state index in [1.807, 2.05) is 6.07 Å². The number of rotatable bonds is 7. The lowest BCUT2D eigenvalue weighted by Gasteiger charge is -2.12. The molecule has 6 nitrogen and oxygen atoms in total. The second kappa shape index (κ2) is 12.0. The van der Waals surface area contributed by atoms with Crippen molar-refractivity contribution < 1.29 is 14.3 Å². The Morgan fingerprint density at radius 3 is 2.00 bits per heavy atom. The molecule has 34 heavy (non-hydrogen) atoms. The van der Waals surface area contributed by atoms with Crippen molar-refractivity contribution in [3.8, 4) is 11.8 Å². The maximum absolute atomic E-state index is 12.5.